The highest BCUT2D eigenvalue weighted by atomic mass is 16.5. The minimum absolute atomic E-state index is 0.137. The number of carbonyl (C=O) groups excluding carboxylic acids is 1. The van der Waals surface area contributed by atoms with Crippen molar-refractivity contribution in [1.82, 2.24) is 10.3 Å². The summed E-state index contributed by atoms with van der Waals surface area (Å²) < 4.78 is 5.05. The molecule has 1 aromatic rings. The summed E-state index contributed by atoms with van der Waals surface area (Å²) in [6.07, 6.45) is 6.64. The molecule has 1 aliphatic carbocycles. The molecule has 0 saturated heterocycles. The van der Waals surface area contributed by atoms with Crippen molar-refractivity contribution in [3.63, 3.8) is 0 Å². The number of carboxylic acid groups (broad SMARTS) is 1. The van der Waals surface area contributed by atoms with Crippen LogP contribution in [-0.4, -0.2) is 35.6 Å². The maximum atomic E-state index is 12.1. The molecule has 22 heavy (non-hydrogen) atoms. The molecule has 0 radical (unpaired) electrons. The quantitative estimate of drug-likeness (QED) is 0.840. The van der Waals surface area contributed by atoms with Crippen molar-refractivity contribution in [3.05, 3.63) is 24.0 Å². The molecule has 1 amide bonds. The first-order chi connectivity index (χ1) is 10.6. The second kappa shape index (κ2) is 7.77. The van der Waals surface area contributed by atoms with Gasteiger partial charge in [0.2, 0.25) is 0 Å². The minimum atomic E-state index is -0.842. The number of pyridine rings is 1. The van der Waals surface area contributed by atoms with Crippen LogP contribution < -0.4 is 10.1 Å². The van der Waals surface area contributed by atoms with E-state index in [1.54, 1.807) is 6.07 Å². The molecule has 6 nitrogen and oxygen atoms in total. The molecule has 1 saturated carbocycles. The van der Waals surface area contributed by atoms with E-state index in [2.05, 4.69) is 10.3 Å². The Labute approximate surface area is 129 Å². The molecular weight excluding hydrogens is 284 g/mol. The normalized spacial score (nSPS) is 16.8. The van der Waals surface area contributed by atoms with E-state index >= 15 is 0 Å². The van der Waals surface area contributed by atoms with Gasteiger partial charge in [-0.2, -0.15) is 0 Å². The van der Waals surface area contributed by atoms with E-state index in [-0.39, 0.29) is 24.1 Å². The summed E-state index contributed by atoms with van der Waals surface area (Å²) >= 11 is 0. The van der Waals surface area contributed by atoms with Crippen molar-refractivity contribution >= 4 is 11.9 Å². The summed E-state index contributed by atoms with van der Waals surface area (Å²) in [7, 11) is 1.51. The Morgan fingerprint density at radius 2 is 2.14 bits per heavy atom. The SMILES string of the molecule is COc1ccnc(C(=O)NCC(C(=O)O)C2CCCCC2)c1. The van der Waals surface area contributed by atoms with Gasteiger partial charge in [0.1, 0.15) is 11.4 Å². The van der Waals surface area contributed by atoms with E-state index in [0.29, 0.717) is 5.75 Å². The molecule has 0 aromatic carbocycles. The van der Waals surface area contributed by atoms with Crippen molar-refractivity contribution in [1.29, 1.82) is 0 Å². The van der Waals surface area contributed by atoms with Gasteiger partial charge in [-0.05, 0) is 24.8 Å². The van der Waals surface area contributed by atoms with Crippen LogP contribution in [0.5, 0.6) is 5.75 Å². The molecular formula is C16H22N2O4. The van der Waals surface area contributed by atoms with Crippen molar-refractivity contribution in [2.45, 2.75) is 32.1 Å². The number of aromatic nitrogens is 1. The van der Waals surface area contributed by atoms with Gasteiger partial charge < -0.3 is 15.2 Å². The Morgan fingerprint density at radius 1 is 1.41 bits per heavy atom. The predicted octanol–water partition coefficient (Wildman–Crippen LogP) is 2.10. The number of nitrogens with zero attached hydrogens (tertiary/aromatic N) is 1. The van der Waals surface area contributed by atoms with E-state index in [4.69, 9.17) is 4.74 Å². The maximum Gasteiger partial charge on any atom is 0.308 e. The van der Waals surface area contributed by atoms with E-state index in [0.717, 1.165) is 25.7 Å². The summed E-state index contributed by atoms with van der Waals surface area (Å²) in [5.74, 6) is -1.06. The zero-order valence-electron chi connectivity index (χ0n) is 12.7. The molecule has 2 rings (SSSR count). The van der Waals surface area contributed by atoms with Gasteiger partial charge in [0.25, 0.3) is 5.91 Å². The summed E-state index contributed by atoms with van der Waals surface area (Å²) in [6.45, 7) is 0.137. The monoisotopic (exact) mass is 306 g/mol. The van der Waals surface area contributed by atoms with E-state index in [9.17, 15) is 14.7 Å². The van der Waals surface area contributed by atoms with Gasteiger partial charge in [0.15, 0.2) is 0 Å². The van der Waals surface area contributed by atoms with Crippen LogP contribution in [0, 0.1) is 11.8 Å². The lowest BCUT2D eigenvalue weighted by molar-refractivity contribution is -0.143. The van der Waals surface area contributed by atoms with Gasteiger partial charge in [-0.3, -0.25) is 14.6 Å². The van der Waals surface area contributed by atoms with Crippen LogP contribution in [-0.2, 0) is 4.79 Å². The van der Waals surface area contributed by atoms with Crippen LogP contribution in [0.3, 0.4) is 0 Å². The third kappa shape index (κ3) is 4.19. The Balaban J connectivity index is 1.96. The van der Waals surface area contributed by atoms with Gasteiger partial charge in [-0.15, -0.1) is 0 Å². The number of methoxy groups -OCH3 is 1. The van der Waals surface area contributed by atoms with Gasteiger partial charge >= 0.3 is 5.97 Å². The first-order valence-electron chi connectivity index (χ1n) is 7.63. The Morgan fingerprint density at radius 3 is 2.77 bits per heavy atom. The zero-order valence-corrected chi connectivity index (χ0v) is 12.7. The molecule has 1 unspecified atom stereocenters. The van der Waals surface area contributed by atoms with E-state index in [1.807, 2.05) is 0 Å². The average Bonchev–Trinajstić information content (AvgIpc) is 2.55. The van der Waals surface area contributed by atoms with Gasteiger partial charge in [-0.25, -0.2) is 0 Å². The van der Waals surface area contributed by atoms with Gasteiger partial charge in [0, 0.05) is 18.8 Å². The number of rotatable bonds is 6. The Kier molecular flexibility index (Phi) is 5.75. The van der Waals surface area contributed by atoms with E-state index in [1.165, 1.54) is 25.8 Å². The van der Waals surface area contributed by atoms with Gasteiger partial charge in [-0.1, -0.05) is 19.3 Å². The molecule has 0 aliphatic heterocycles. The lowest BCUT2D eigenvalue weighted by Gasteiger charge is -2.27. The molecule has 1 aliphatic rings. The Hall–Kier alpha value is -2.11. The first-order valence-corrected chi connectivity index (χ1v) is 7.63. The fraction of sp³-hybridized carbons (Fsp3) is 0.562. The van der Waals surface area contributed by atoms with Gasteiger partial charge in [0.05, 0.1) is 13.0 Å². The smallest absolute Gasteiger partial charge is 0.308 e. The second-order valence-corrected chi connectivity index (χ2v) is 5.63. The molecule has 1 atom stereocenters. The number of hydrogen-bond donors (Lipinski definition) is 2. The highest BCUT2D eigenvalue weighted by Gasteiger charge is 2.29. The molecule has 120 valence electrons. The molecule has 0 bridgehead atoms. The fourth-order valence-corrected chi connectivity index (χ4v) is 2.95. The molecule has 6 heteroatoms. The number of carbonyl (C=O) groups is 2. The largest absolute Gasteiger partial charge is 0.497 e. The van der Waals surface area contributed by atoms with Crippen LogP contribution >= 0.6 is 0 Å². The third-order valence-corrected chi connectivity index (χ3v) is 4.22. The van der Waals surface area contributed by atoms with Crippen LogP contribution in [0.2, 0.25) is 0 Å². The maximum absolute atomic E-state index is 12.1. The highest BCUT2D eigenvalue weighted by Crippen LogP contribution is 2.30. The topological polar surface area (TPSA) is 88.5 Å². The Bertz CT molecular complexity index is 527. The van der Waals surface area contributed by atoms with E-state index < -0.39 is 11.9 Å². The lowest BCUT2D eigenvalue weighted by Crippen LogP contribution is -2.38. The number of aliphatic carboxylic acids is 1. The number of hydrogen-bond acceptors (Lipinski definition) is 4. The molecule has 1 fully saturated rings. The third-order valence-electron chi connectivity index (χ3n) is 4.22. The van der Waals surface area contributed by atoms with Crippen LogP contribution in [0.15, 0.2) is 18.3 Å². The summed E-state index contributed by atoms with van der Waals surface area (Å²) in [4.78, 5) is 27.5. The first kappa shape index (κ1) is 16.3. The predicted molar refractivity (Wildman–Crippen MR) is 80.8 cm³/mol. The fourth-order valence-electron chi connectivity index (χ4n) is 2.95. The van der Waals surface area contributed by atoms with Crippen molar-refractivity contribution in [3.8, 4) is 5.75 Å². The summed E-state index contributed by atoms with van der Waals surface area (Å²) in [6, 6.07) is 3.19. The summed E-state index contributed by atoms with van der Waals surface area (Å²) in [5, 5.41) is 12.1. The van der Waals surface area contributed by atoms with Crippen molar-refractivity contribution in [2.75, 3.05) is 13.7 Å². The molecule has 0 spiro atoms. The standard InChI is InChI=1S/C16H22N2O4/c1-22-12-7-8-17-14(9-12)15(19)18-10-13(16(20)21)11-5-3-2-4-6-11/h7-9,11,13H,2-6,10H2,1H3,(H,18,19)(H,20,21). The van der Waals surface area contributed by atoms with Crippen molar-refractivity contribution < 1.29 is 19.4 Å². The van der Waals surface area contributed by atoms with Crippen LogP contribution in [0.25, 0.3) is 0 Å². The summed E-state index contributed by atoms with van der Waals surface area (Å²) in [5.41, 5.74) is 0.229. The van der Waals surface area contributed by atoms with Crippen LogP contribution in [0.1, 0.15) is 42.6 Å². The second-order valence-electron chi connectivity index (χ2n) is 5.63. The number of nitrogens with one attached hydrogen (secondary N) is 1. The molecule has 1 aromatic heterocycles. The zero-order chi connectivity index (χ0) is 15.9. The number of ether oxygens (including phenoxy) is 1. The number of carboxylic acids is 1. The number of amides is 1. The molecule has 1 heterocycles. The molecule has 2 N–H and O–H groups in total. The average molecular weight is 306 g/mol. The highest BCUT2D eigenvalue weighted by molar-refractivity contribution is 5.92. The minimum Gasteiger partial charge on any atom is -0.497 e. The lowest BCUT2D eigenvalue weighted by atomic mass is 9.80. The van der Waals surface area contributed by atoms with Crippen LogP contribution in [0.4, 0.5) is 0 Å². The van der Waals surface area contributed by atoms with Crippen molar-refractivity contribution in [2.24, 2.45) is 11.8 Å².